The molecular formula is C19H17ClF4N6O2. The topological polar surface area (TPSA) is 97.3 Å². The van der Waals surface area contributed by atoms with E-state index in [0.717, 1.165) is 22.9 Å². The quantitative estimate of drug-likeness (QED) is 0.313. The number of guanidine groups is 1. The van der Waals surface area contributed by atoms with Crippen LogP contribution in [0.15, 0.2) is 39.8 Å². The minimum atomic E-state index is -4.70. The summed E-state index contributed by atoms with van der Waals surface area (Å²) in [6.07, 6.45) is -4.70. The van der Waals surface area contributed by atoms with E-state index in [1.165, 1.54) is 12.1 Å². The average Bonchev–Trinajstić information content (AvgIpc) is 3.27. The zero-order chi connectivity index (χ0) is 23.6. The Kier molecular flexibility index (Phi) is 6.53. The molecule has 3 aromatic rings. The summed E-state index contributed by atoms with van der Waals surface area (Å²) in [5, 5.41) is 12.2. The van der Waals surface area contributed by atoms with Crippen LogP contribution < -0.4 is 10.6 Å². The van der Waals surface area contributed by atoms with Crippen molar-refractivity contribution in [1.82, 2.24) is 20.3 Å². The fraction of sp³-hybridized carbons (Fsp3) is 0.263. The number of aryl methyl sites for hydroxylation is 1. The molecule has 0 fully saturated rings. The number of hydrogen-bond donors (Lipinski definition) is 2. The lowest BCUT2D eigenvalue weighted by Gasteiger charge is -2.13. The lowest BCUT2D eigenvalue weighted by atomic mass is 10.3. The molecule has 2 heterocycles. The van der Waals surface area contributed by atoms with Crippen molar-refractivity contribution in [2.24, 2.45) is 4.99 Å². The number of halogens is 5. The standard InChI is InChI=1S/C19H17ClF4N6O2/c1-9(2)30-16(8-15(28-30)19(22,23)24)26-18(25-13-6-11(20)5-12(21)7-13)27-17(31)14-4-10(3)29-32-14/h4-9H,1-3H3,(H2,25,26,27,31). The van der Waals surface area contributed by atoms with E-state index in [1.54, 1.807) is 20.8 Å². The first-order valence-electron chi connectivity index (χ1n) is 9.15. The summed E-state index contributed by atoms with van der Waals surface area (Å²) in [7, 11) is 0. The molecule has 0 aliphatic rings. The number of carbonyl (C=O) groups is 1. The van der Waals surface area contributed by atoms with Crippen molar-refractivity contribution in [1.29, 1.82) is 0 Å². The molecule has 0 aliphatic carbocycles. The van der Waals surface area contributed by atoms with Crippen LogP contribution in [0.1, 0.15) is 41.8 Å². The van der Waals surface area contributed by atoms with E-state index in [4.69, 9.17) is 16.1 Å². The predicted molar refractivity (Wildman–Crippen MR) is 108 cm³/mol. The first kappa shape index (κ1) is 23.3. The zero-order valence-corrected chi connectivity index (χ0v) is 17.7. The molecule has 0 atom stereocenters. The van der Waals surface area contributed by atoms with Gasteiger partial charge in [0.05, 0.1) is 5.69 Å². The molecule has 13 heteroatoms. The van der Waals surface area contributed by atoms with Gasteiger partial charge in [-0.05, 0) is 39.0 Å². The van der Waals surface area contributed by atoms with Gasteiger partial charge in [-0.15, -0.1) is 0 Å². The van der Waals surface area contributed by atoms with Crippen molar-refractivity contribution in [2.45, 2.75) is 33.0 Å². The van der Waals surface area contributed by atoms with E-state index in [0.29, 0.717) is 5.69 Å². The van der Waals surface area contributed by atoms with Crippen LogP contribution in [-0.4, -0.2) is 26.8 Å². The lowest BCUT2D eigenvalue weighted by Crippen LogP contribution is -2.35. The molecule has 0 saturated carbocycles. The number of alkyl halides is 3. The van der Waals surface area contributed by atoms with Gasteiger partial charge in [-0.1, -0.05) is 16.8 Å². The fourth-order valence-electron chi connectivity index (χ4n) is 2.59. The number of nitrogens with zero attached hydrogens (tertiary/aromatic N) is 4. The summed E-state index contributed by atoms with van der Waals surface area (Å²) in [6, 6.07) is 5.06. The van der Waals surface area contributed by atoms with Gasteiger partial charge in [-0.25, -0.2) is 9.07 Å². The first-order valence-corrected chi connectivity index (χ1v) is 9.53. The first-order chi connectivity index (χ1) is 14.9. The highest BCUT2D eigenvalue weighted by Crippen LogP contribution is 2.32. The second kappa shape index (κ2) is 8.99. The fourth-order valence-corrected chi connectivity index (χ4v) is 2.81. The highest BCUT2D eigenvalue weighted by Gasteiger charge is 2.35. The zero-order valence-electron chi connectivity index (χ0n) is 17.0. The number of benzene rings is 1. The molecule has 0 saturated heterocycles. The molecule has 1 aromatic carbocycles. The summed E-state index contributed by atoms with van der Waals surface area (Å²) in [6.45, 7) is 4.82. The predicted octanol–water partition coefficient (Wildman–Crippen LogP) is 5.10. The third-order valence-electron chi connectivity index (χ3n) is 3.93. The molecule has 2 aromatic heterocycles. The molecule has 0 unspecified atom stereocenters. The van der Waals surface area contributed by atoms with E-state index in [1.807, 2.05) is 0 Å². The number of carbonyl (C=O) groups excluding carboxylic acids is 1. The summed E-state index contributed by atoms with van der Waals surface area (Å²) in [5.74, 6) is -2.15. The van der Waals surface area contributed by atoms with Gasteiger partial charge in [0.15, 0.2) is 11.5 Å². The SMILES string of the molecule is Cc1cc(C(=O)NC(=Nc2cc(C(F)(F)F)nn2C(C)C)Nc2cc(F)cc(Cl)c2)on1. The summed E-state index contributed by atoms with van der Waals surface area (Å²) >= 11 is 5.85. The highest BCUT2D eigenvalue weighted by atomic mass is 35.5. The Balaban J connectivity index is 2.04. The smallest absolute Gasteiger partial charge is 0.351 e. The van der Waals surface area contributed by atoms with Gasteiger partial charge in [0.25, 0.3) is 5.91 Å². The summed E-state index contributed by atoms with van der Waals surface area (Å²) in [5.41, 5.74) is -0.629. The van der Waals surface area contributed by atoms with Crippen LogP contribution in [0.5, 0.6) is 0 Å². The number of rotatable bonds is 4. The van der Waals surface area contributed by atoms with Crippen molar-refractivity contribution < 1.29 is 26.9 Å². The number of aromatic nitrogens is 3. The van der Waals surface area contributed by atoms with Crippen LogP contribution in [0.3, 0.4) is 0 Å². The van der Waals surface area contributed by atoms with Crippen molar-refractivity contribution >= 4 is 35.0 Å². The van der Waals surface area contributed by atoms with E-state index in [-0.39, 0.29) is 28.2 Å². The van der Waals surface area contributed by atoms with E-state index in [9.17, 15) is 22.4 Å². The van der Waals surface area contributed by atoms with Gasteiger partial charge in [0.1, 0.15) is 5.82 Å². The van der Waals surface area contributed by atoms with Crippen LogP contribution >= 0.6 is 11.6 Å². The number of amides is 1. The van der Waals surface area contributed by atoms with Gasteiger partial charge in [0.2, 0.25) is 11.7 Å². The van der Waals surface area contributed by atoms with Crippen LogP contribution in [0, 0.1) is 12.7 Å². The number of hydrogen-bond acceptors (Lipinski definition) is 5. The Morgan fingerprint density at radius 2 is 1.94 bits per heavy atom. The van der Waals surface area contributed by atoms with Gasteiger partial charge in [-0.3, -0.25) is 10.1 Å². The number of nitrogens with one attached hydrogen (secondary N) is 2. The summed E-state index contributed by atoms with van der Waals surface area (Å²) < 4.78 is 59.1. The molecule has 3 rings (SSSR count). The molecule has 170 valence electrons. The number of anilines is 1. The lowest BCUT2D eigenvalue weighted by molar-refractivity contribution is -0.141. The van der Waals surface area contributed by atoms with Gasteiger partial charge in [-0.2, -0.15) is 23.3 Å². The molecule has 0 aliphatic heterocycles. The van der Waals surface area contributed by atoms with Crippen molar-refractivity contribution in [2.75, 3.05) is 5.32 Å². The average molecular weight is 473 g/mol. The third-order valence-corrected chi connectivity index (χ3v) is 4.15. The minimum absolute atomic E-state index is 0.0515. The minimum Gasteiger partial charge on any atom is -0.351 e. The van der Waals surface area contributed by atoms with Crippen LogP contribution in [-0.2, 0) is 6.18 Å². The molecule has 0 spiro atoms. The molecule has 0 bridgehead atoms. The van der Waals surface area contributed by atoms with E-state index < -0.39 is 29.6 Å². The molecule has 2 N–H and O–H groups in total. The molecular weight excluding hydrogens is 456 g/mol. The van der Waals surface area contributed by atoms with Crippen molar-refractivity contribution in [3.8, 4) is 0 Å². The monoisotopic (exact) mass is 472 g/mol. The molecule has 32 heavy (non-hydrogen) atoms. The normalized spacial score (nSPS) is 12.3. The van der Waals surface area contributed by atoms with Crippen LogP contribution in [0.4, 0.5) is 29.1 Å². The Hall–Kier alpha value is -3.41. The second-order valence-electron chi connectivity index (χ2n) is 6.95. The Labute approximate surface area is 184 Å². The van der Waals surface area contributed by atoms with Crippen LogP contribution in [0.25, 0.3) is 0 Å². The van der Waals surface area contributed by atoms with Gasteiger partial charge in [0, 0.05) is 28.9 Å². The maximum Gasteiger partial charge on any atom is 0.435 e. The van der Waals surface area contributed by atoms with Crippen molar-refractivity contribution in [3.63, 3.8) is 0 Å². The molecule has 1 amide bonds. The molecule has 0 radical (unpaired) electrons. The van der Waals surface area contributed by atoms with Gasteiger partial charge < -0.3 is 9.84 Å². The van der Waals surface area contributed by atoms with E-state index >= 15 is 0 Å². The Bertz CT molecular complexity index is 1150. The second-order valence-corrected chi connectivity index (χ2v) is 7.39. The highest BCUT2D eigenvalue weighted by molar-refractivity contribution is 6.31. The molecule has 8 nitrogen and oxygen atoms in total. The van der Waals surface area contributed by atoms with E-state index in [2.05, 4.69) is 25.9 Å². The van der Waals surface area contributed by atoms with Crippen LogP contribution in [0.2, 0.25) is 5.02 Å². The maximum absolute atomic E-state index is 13.7. The maximum atomic E-state index is 13.7. The largest absolute Gasteiger partial charge is 0.435 e. The third kappa shape index (κ3) is 5.63. The Morgan fingerprint density at radius 3 is 2.50 bits per heavy atom. The van der Waals surface area contributed by atoms with Crippen molar-refractivity contribution in [3.05, 3.63) is 58.3 Å². The number of aliphatic imine (C=N–C) groups is 1. The van der Waals surface area contributed by atoms with Gasteiger partial charge >= 0.3 is 6.18 Å². The Morgan fingerprint density at radius 1 is 1.22 bits per heavy atom. The summed E-state index contributed by atoms with van der Waals surface area (Å²) in [4.78, 5) is 16.6.